The number of hydrogen-bond acceptors (Lipinski definition) is 6. The van der Waals surface area contributed by atoms with Crippen LogP contribution in [0, 0.1) is 11.3 Å². The molecule has 0 bridgehead atoms. The molecule has 0 fully saturated rings. The Kier molecular flexibility index (Phi) is 7.80. The molecule has 0 spiro atoms. The van der Waals surface area contributed by atoms with Crippen molar-refractivity contribution < 1.29 is 24.2 Å². The SMILES string of the molecule is CCCCOC(=O)c1ccc(NC(=O)/C(C#N)=C/c2ccc(O)c(OC)c2)cc1. The van der Waals surface area contributed by atoms with Crippen LogP contribution in [0.15, 0.2) is 48.0 Å². The minimum Gasteiger partial charge on any atom is -0.504 e. The van der Waals surface area contributed by atoms with E-state index in [0.29, 0.717) is 23.4 Å². The molecule has 0 atom stereocenters. The highest BCUT2D eigenvalue weighted by molar-refractivity contribution is 6.09. The van der Waals surface area contributed by atoms with Crippen molar-refractivity contribution in [3.8, 4) is 17.6 Å². The molecule has 0 aliphatic carbocycles. The van der Waals surface area contributed by atoms with Crippen LogP contribution >= 0.6 is 0 Å². The molecule has 2 aromatic carbocycles. The van der Waals surface area contributed by atoms with E-state index >= 15 is 0 Å². The van der Waals surface area contributed by atoms with Gasteiger partial charge in [0.25, 0.3) is 5.91 Å². The molecule has 0 saturated carbocycles. The van der Waals surface area contributed by atoms with E-state index in [-0.39, 0.29) is 17.1 Å². The van der Waals surface area contributed by atoms with Crippen LogP contribution in [0.4, 0.5) is 5.69 Å². The molecule has 0 unspecified atom stereocenters. The summed E-state index contributed by atoms with van der Waals surface area (Å²) in [5, 5.41) is 21.6. The average molecular weight is 394 g/mol. The lowest BCUT2D eigenvalue weighted by Gasteiger charge is -2.07. The Morgan fingerprint density at radius 2 is 1.93 bits per heavy atom. The van der Waals surface area contributed by atoms with Gasteiger partial charge in [0.05, 0.1) is 19.3 Å². The van der Waals surface area contributed by atoms with Crippen molar-refractivity contribution >= 4 is 23.6 Å². The monoisotopic (exact) mass is 394 g/mol. The molecule has 0 heterocycles. The predicted molar refractivity (Wildman–Crippen MR) is 109 cm³/mol. The van der Waals surface area contributed by atoms with Gasteiger partial charge in [0.1, 0.15) is 11.6 Å². The molecule has 0 radical (unpaired) electrons. The minimum atomic E-state index is -0.599. The van der Waals surface area contributed by atoms with E-state index in [1.807, 2.05) is 13.0 Å². The van der Waals surface area contributed by atoms with Gasteiger partial charge in [-0.3, -0.25) is 4.79 Å². The lowest BCUT2D eigenvalue weighted by molar-refractivity contribution is -0.112. The number of aromatic hydroxyl groups is 1. The summed E-state index contributed by atoms with van der Waals surface area (Å²) in [7, 11) is 1.41. The molecule has 2 N–H and O–H groups in total. The summed E-state index contributed by atoms with van der Waals surface area (Å²) in [5.74, 6) is -0.827. The summed E-state index contributed by atoms with van der Waals surface area (Å²) >= 11 is 0. The van der Waals surface area contributed by atoms with Crippen molar-refractivity contribution in [1.82, 2.24) is 0 Å². The third-order valence-electron chi connectivity index (χ3n) is 3.99. The van der Waals surface area contributed by atoms with Crippen molar-refractivity contribution in [2.75, 3.05) is 19.0 Å². The molecule has 0 saturated heterocycles. The van der Waals surface area contributed by atoms with Crippen LogP contribution in [0.2, 0.25) is 0 Å². The molecule has 0 aliphatic rings. The van der Waals surface area contributed by atoms with Crippen molar-refractivity contribution in [3.05, 3.63) is 59.2 Å². The predicted octanol–water partition coefficient (Wildman–Crippen LogP) is 3.90. The van der Waals surface area contributed by atoms with Gasteiger partial charge >= 0.3 is 5.97 Å². The lowest BCUT2D eigenvalue weighted by Crippen LogP contribution is -2.13. The van der Waals surface area contributed by atoms with Gasteiger partial charge in [0.2, 0.25) is 0 Å². The lowest BCUT2D eigenvalue weighted by atomic mass is 10.1. The summed E-state index contributed by atoms with van der Waals surface area (Å²) < 4.78 is 10.2. The number of amides is 1. The van der Waals surface area contributed by atoms with E-state index in [9.17, 15) is 20.0 Å². The van der Waals surface area contributed by atoms with Crippen LogP contribution in [0.25, 0.3) is 6.08 Å². The minimum absolute atomic E-state index is 0.0408. The van der Waals surface area contributed by atoms with Gasteiger partial charge in [0, 0.05) is 5.69 Å². The van der Waals surface area contributed by atoms with E-state index in [4.69, 9.17) is 9.47 Å². The van der Waals surface area contributed by atoms with E-state index in [0.717, 1.165) is 12.8 Å². The standard InChI is InChI=1S/C22H22N2O5/c1-3-4-11-29-22(27)16-6-8-18(9-7-16)24-21(26)17(14-23)12-15-5-10-19(25)20(13-15)28-2/h5-10,12-13,25H,3-4,11H2,1-2H3,(H,24,26)/b17-12+. The first-order valence-electron chi connectivity index (χ1n) is 9.05. The van der Waals surface area contributed by atoms with Crippen molar-refractivity contribution in [3.63, 3.8) is 0 Å². The summed E-state index contributed by atoms with van der Waals surface area (Å²) in [6.07, 6.45) is 3.12. The highest BCUT2D eigenvalue weighted by atomic mass is 16.5. The molecule has 1 amide bonds. The van der Waals surface area contributed by atoms with Crippen LogP contribution in [0.5, 0.6) is 11.5 Å². The molecule has 2 rings (SSSR count). The Balaban J connectivity index is 2.08. The van der Waals surface area contributed by atoms with Crippen LogP contribution in [0.3, 0.4) is 0 Å². The quantitative estimate of drug-likeness (QED) is 0.304. The van der Waals surface area contributed by atoms with Gasteiger partial charge in [-0.2, -0.15) is 5.26 Å². The number of ether oxygens (including phenoxy) is 2. The number of nitrogens with zero attached hydrogens (tertiary/aromatic N) is 1. The Labute approximate surface area is 169 Å². The summed E-state index contributed by atoms with van der Waals surface area (Å²) in [4.78, 5) is 24.3. The number of unbranched alkanes of at least 4 members (excludes halogenated alkanes) is 1. The Morgan fingerprint density at radius 1 is 1.21 bits per heavy atom. The number of carbonyl (C=O) groups is 2. The first-order valence-corrected chi connectivity index (χ1v) is 9.05. The Bertz CT molecular complexity index is 943. The van der Waals surface area contributed by atoms with Gasteiger partial charge < -0.3 is 19.9 Å². The van der Waals surface area contributed by atoms with E-state index in [1.165, 1.54) is 25.3 Å². The maximum Gasteiger partial charge on any atom is 0.338 e. The second-order valence-corrected chi connectivity index (χ2v) is 6.12. The second kappa shape index (κ2) is 10.5. The van der Waals surface area contributed by atoms with Gasteiger partial charge in [-0.1, -0.05) is 19.4 Å². The van der Waals surface area contributed by atoms with Crippen molar-refractivity contribution in [1.29, 1.82) is 5.26 Å². The maximum atomic E-state index is 12.4. The molecule has 29 heavy (non-hydrogen) atoms. The number of nitrogens with one attached hydrogen (secondary N) is 1. The number of carbonyl (C=O) groups excluding carboxylic acids is 2. The maximum absolute atomic E-state index is 12.4. The number of esters is 1. The molecule has 150 valence electrons. The number of phenolic OH excluding ortho intramolecular Hbond substituents is 1. The number of methoxy groups -OCH3 is 1. The Hall–Kier alpha value is -3.79. The fourth-order valence-electron chi connectivity index (χ4n) is 2.38. The second-order valence-electron chi connectivity index (χ2n) is 6.12. The third-order valence-corrected chi connectivity index (χ3v) is 3.99. The highest BCUT2D eigenvalue weighted by Gasteiger charge is 2.12. The molecule has 0 aromatic heterocycles. The van der Waals surface area contributed by atoms with Gasteiger partial charge in [0.15, 0.2) is 11.5 Å². The van der Waals surface area contributed by atoms with E-state index in [2.05, 4.69) is 5.32 Å². The molecule has 0 aliphatic heterocycles. The van der Waals surface area contributed by atoms with Gasteiger partial charge in [-0.25, -0.2) is 4.79 Å². The number of anilines is 1. The molecular weight excluding hydrogens is 372 g/mol. The smallest absolute Gasteiger partial charge is 0.338 e. The number of phenols is 1. The molecule has 2 aromatic rings. The number of hydrogen-bond donors (Lipinski definition) is 2. The fourth-order valence-corrected chi connectivity index (χ4v) is 2.38. The van der Waals surface area contributed by atoms with Gasteiger partial charge in [-0.05, 0) is 54.5 Å². The van der Waals surface area contributed by atoms with E-state index < -0.39 is 11.9 Å². The number of benzene rings is 2. The first kappa shape index (κ1) is 21.5. The van der Waals surface area contributed by atoms with Crippen LogP contribution in [-0.4, -0.2) is 30.7 Å². The zero-order valence-corrected chi connectivity index (χ0v) is 16.3. The topological polar surface area (TPSA) is 109 Å². The van der Waals surface area contributed by atoms with Crippen LogP contribution in [-0.2, 0) is 9.53 Å². The van der Waals surface area contributed by atoms with Crippen molar-refractivity contribution in [2.24, 2.45) is 0 Å². The first-order chi connectivity index (χ1) is 14.0. The van der Waals surface area contributed by atoms with Gasteiger partial charge in [-0.15, -0.1) is 0 Å². The highest BCUT2D eigenvalue weighted by Crippen LogP contribution is 2.27. The number of nitriles is 1. The normalized spacial score (nSPS) is 10.7. The zero-order valence-electron chi connectivity index (χ0n) is 16.3. The molecule has 7 nitrogen and oxygen atoms in total. The summed E-state index contributed by atoms with van der Waals surface area (Å²) in [6.45, 7) is 2.37. The summed E-state index contributed by atoms with van der Waals surface area (Å²) in [5.41, 5.74) is 1.22. The largest absolute Gasteiger partial charge is 0.504 e. The average Bonchev–Trinajstić information content (AvgIpc) is 2.73. The van der Waals surface area contributed by atoms with Crippen LogP contribution < -0.4 is 10.1 Å². The number of rotatable bonds is 8. The molecule has 7 heteroatoms. The third kappa shape index (κ3) is 6.11. The van der Waals surface area contributed by atoms with Crippen LogP contribution in [0.1, 0.15) is 35.7 Å². The van der Waals surface area contributed by atoms with Crippen molar-refractivity contribution in [2.45, 2.75) is 19.8 Å². The molecular formula is C22H22N2O5. The summed E-state index contributed by atoms with van der Waals surface area (Å²) in [6, 6.07) is 12.6. The Morgan fingerprint density at radius 3 is 2.55 bits per heavy atom. The zero-order chi connectivity index (χ0) is 21.2. The fraction of sp³-hybridized carbons (Fsp3) is 0.227. The van der Waals surface area contributed by atoms with E-state index in [1.54, 1.807) is 30.3 Å².